The second kappa shape index (κ2) is 6.02. The van der Waals surface area contributed by atoms with Gasteiger partial charge in [0.05, 0.1) is 24.8 Å². The fraction of sp³-hybridized carbons (Fsp3) is 0.364. The first-order valence-corrected chi connectivity index (χ1v) is 5.49. The summed E-state index contributed by atoms with van der Waals surface area (Å²) in [6, 6.07) is 3.08. The molecule has 0 saturated carbocycles. The maximum absolute atomic E-state index is 11.1. The van der Waals surface area contributed by atoms with Gasteiger partial charge in [-0.2, -0.15) is 0 Å². The molecule has 1 aliphatic rings. The molecule has 1 saturated heterocycles. The van der Waals surface area contributed by atoms with Gasteiger partial charge < -0.3 is 19.9 Å². The molecular weight excluding hydrogens is 281 g/mol. The molecule has 0 spiro atoms. The molecule has 1 amide bonds. The van der Waals surface area contributed by atoms with Crippen LogP contribution in [0.15, 0.2) is 12.1 Å². The highest BCUT2D eigenvalue weighted by Crippen LogP contribution is 2.37. The first-order chi connectivity index (χ1) is 8.11. The van der Waals surface area contributed by atoms with E-state index in [9.17, 15) is 9.90 Å². The SMILES string of the molecule is COc1cc([C@H]2CCOC(=O)N2)cc(Cl)c1O.Cl. The molecule has 0 bridgehead atoms. The normalized spacial score (nSPS) is 18.3. The van der Waals surface area contributed by atoms with Crippen LogP contribution in [0.4, 0.5) is 4.79 Å². The molecular formula is C11H13Cl2NO4. The highest BCUT2D eigenvalue weighted by Gasteiger charge is 2.22. The van der Waals surface area contributed by atoms with Gasteiger partial charge in [0.1, 0.15) is 0 Å². The van der Waals surface area contributed by atoms with E-state index in [0.717, 1.165) is 5.56 Å². The predicted octanol–water partition coefficient (Wildman–Crippen LogP) is 2.65. The van der Waals surface area contributed by atoms with Crippen LogP contribution in [-0.4, -0.2) is 24.9 Å². The molecule has 100 valence electrons. The number of halogens is 2. The van der Waals surface area contributed by atoms with Crippen molar-refractivity contribution in [3.05, 3.63) is 22.7 Å². The lowest BCUT2D eigenvalue weighted by molar-refractivity contribution is 0.115. The van der Waals surface area contributed by atoms with Gasteiger partial charge in [0.2, 0.25) is 0 Å². The van der Waals surface area contributed by atoms with Gasteiger partial charge in [0.15, 0.2) is 11.5 Å². The molecule has 18 heavy (non-hydrogen) atoms. The van der Waals surface area contributed by atoms with Crippen molar-refractivity contribution >= 4 is 30.1 Å². The van der Waals surface area contributed by atoms with Crippen LogP contribution in [0.3, 0.4) is 0 Å². The Balaban J connectivity index is 0.00000162. The molecule has 7 heteroatoms. The average molecular weight is 294 g/mol. The Kier molecular flexibility index (Phi) is 4.93. The van der Waals surface area contributed by atoms with E-state index in [1.807, 2.05) is 0 Å². The quantitative estimate of drug-likeness (QED) is 0.880. The number of ether oxygens (including phenoxy) is 2. The number of benzene rings is 1. The van der Waals surface area contributed by atoms with Gasteiger partial charge in [-0.3, -0.25) is 0 Å². The van der Waals surface area contributed by atoms with Crippen molar-refractivity contribution in [3.8, 4) is 11.5 Å². The Morgan fingerprint density at radius 3 is 2.89 bits per heavy atom. The van der Waals surface area contributed by atoms with E-state index in [-0.39, 0.29) is 35.0 Å². The number of hydrogen-bond donors (Lipinski definition) is 2. The summed E-state index contributed by atoms with van der Waals surface area (Å²) in [7, 11) is 1.44. The number of cyclic esters (lactones) is 1. The zero-order valence-corrected chi connectivity index (χ0v) is 11.2. The minimum atomic E-state index is -0.454. The predicted molar refractivity (Wildman–Crippen MR) is 68.8 cm³/mol. The Morgan fingerprint density at radius 2 is 2.28 bits per heavy atom. The molecule has 0 aliphatic carbocycles. The van der Waals surface area contributed by atoms with E-state index in [1.165, 1.54) is 7.11 Å². The summed E-state index contributed by atoms with van der Waals surface area (Å²) in [5.41, 5.74) is 0.779. The number of phenolic OH excluding ortho intramolecular Hbond substituents is 1. The van der Waals surface area contributed by atoms with E-state index in [4.69, 9.17) is 21.1 Å². The average Bonchev–Trinajstić information content (AvgIpc) is 2.32. The van der Waals surface area contributed by atoms with Gasteiger partial charge in [0.25, 0.3) is 0 Å². The molecule has 1 aromatic carbocycles. The third-order valence-electron chi connectivity index (χ3n) is 2.60. The number of rotatable bonds is 2. The van der Waals surface area contributed by atoms with E-state index in [1.54, 1.807) is 12.1 Å². The summed E-state index contributed by atoms with van der Waals surface area (Å²) in [4.78, 5) is 11.1. The topological polar surface area (TPSA) is 67.8 Å². The van der Waals surface area contributed by atoms with Gasteiger partial charge >= 0.3 is 6.09 Å². The van der Waals surface area contributed by atoms with Crippen LogP contribution in [-0.2, 0) is 4.74 Å². The zero-order chi connectivity index (χ0) is 12.4. The van der Waals surface area contributed by atoms with E-state index >= 15 is 0 Å². The molecule has 1 aliphatic heterocycles. The first kappa shape index (κ1) is 14.7. The summed E-state index contributed by atoms with van der Waals surface area (Å²) in [6.07, 6.45) is 0.195. The van der Waals surface area contributed by atoms with Crippen LogP contribution in [0.25, 0.3) is 0 Å². The molecule has 1 atom stereocenters. The van der Waals surface area contributed by atoms with Crippen LogP contribution < -0.4 is 10.1 Å². The molecule has 5 nitrogen and oxygen atoms in total. The number of nitrogens with one attached hydrogen (secondary N) is 1. The number of aromatic hydroxyl groups is 1. The van der Waals surface area contributed by atoms with Crippen molar-refractivity contribution in [1.82, 2.24) is 5.32 Å². The van der Waals surface area contributed by atoms with Crippen molar-refractivity contribution < 1.29 is 19.4 Å². The molecule has 0 unspecified atom stereocenters. The van der Waals surface area contributed by atoms with Crippen LogP contribution in [0.1, 0.15) is 18.0 Å². The third kappa shape index (κ3) is 2.91. The number of hydrogen-bond acceptors (Lipinski definition) is 4. The summed E-state index contributed by atoms with van der Waals surface area (Å²) in [5, 5.41) is 12.5. The minimum Gasteiger partial charge on any atom is -0.503 e. The number of alkyl carbamates (subject to hydrolysis) is 1. The lowest BCUT2D eigenvalue weighted by Gasteiger charge is -2.24. The largest absolute Gasteiger partial charge is 0.503 e. The Hall–Kier alpha value is -1.33. The Morgan fingerprint density at radius 1 is 1.56 bits per heavy atom. The lowest BCUT2D eigenvalue weighted by Crippen LogP contribution is -2.35. The summed E-state index contributed by atoms with van der Waals surface area (Å²) >= 11 is 5.88. The number of amides is 1. The fourth-order valence-electron chi connectivity index (χ4n) is 1.73. The maximum Gasteiger partial charge on any atom is 0.407 e. The fourth-order valence-corrected chi connectivity index (χ4v) is 1.95. The maximum atomic E-state index is 11.1. The highest BCUT2D eigenvalue weighted by atomic mass is 35.5. The van der Waals surface area contributed by atoms with Crippen molar-refractivity contribution in [2.75, 3.05) is 13.7 Å². The molecule has 1 heterocycles. The Labute approximate surface area is 115 Å². The van der Waals surface area contributed by atoms with E-state index in [0.29, 0.717) is 13.0 Å². The van der Waals surface area contributed by atoms with Gasteiger partial charge in [-0.1, -0.05) is 11.6 Å². The number of phenols is 1. The van der Waals surface area contributed by atoms with Crippen molar-refractivity contribution in [2.24, 2.45) is 0 Å². The zero-order valence-electron chi connectivity index (χ0n) is 9.60. The number of carbonyl (C=O) groups is 1. The summed E-state index contributed by atoms with van der Waals surface area (Å²) in [5.74, 6) is 0.185. The van der Waals surface area contributed by atoms with Crippen molar-refractivity contribution in [3.63, 3.8) is 0 Å². The second-order valence-corrected chi connectivity index (χ2v) is 4.08. The van der Waals surface area contributed by atoms with Gasteiger partial charge in [-0.15, -0.1) is 12.4 Å². The van der Waals surface area contributed by atoms with Gasteiger partial charge in [-0.05, 0) is 17.7 Å². The van der Waals surface area contributed by atoms with Crippen molar-refractivity contribution in [1.29, 1.82) is 0 Å². The minimum absolute atomic E-state index is 0. The molecule has 1 fully saturated rings. The molecule has 2 rings (SSSR count). The molecule has 1 aromatic rings. The van der Waals surface area contributed by atoms with Crippen LogP contribution >= 0.6 is 24.0 Å². The van der Waals surface area contributed by atoms with E-state index < -0.39 is 6.09 Å². The number of methoxy groups -OCH3 is 1. The van der Waals surface area contributed by atoms with Crippen LogP contribution in [0.2, 0.25) is 5.02 Å². The second-order valence-electron chi connectivity index (χ2n) is 3.68. The van der Waals surface area contributed by atoms with Gasteiger partial charge in [-0.25, -0.2) is 4.79 Å². The smallest absolute Gasteiger partial charge is 0.407 e. The van der Waals surface area contributed by atoms with E-state index in [2.05, 4.69) is 5.32 Å². The lowest BCUT2D eigenvalue weighted by atomic mass is 10.0. The molecule has 0 radical (unpaired) electrons. The van der Waals surface area contributed by atoms with Crippen LogP contribution in [0, 0.1) is 0 Å². The molecule has 2 N–H and O–H groups in total. The summed E-state index contributed by atoms with van der Waals surface area (Å²) < 4.78 is 9.78. The summed E-state index contributed by atoms with van der Waals surface area (Å²) in [6.45, 7) is 0.358. The first-order valence-electron chi connectivity index (χ1n) is 5.11. The monoisotopic (exact) mass is 293 g/mol. The third-order valence-corrected chi connectivity index (χ3v) is 2.89. The standard InChI is InChI=1S/C11H12ClNO4.ClH/c1-16-9-5-6(4-7(12)10(9)14)8-2-3-17-11(15)13-8;/h4-5,8,14H,2-3H2,1H3,(H,13,15);1H/t8-;/m1./s1. The van der Waals surface area contributed by atoms with Gasteiger partial charge in [0, 0.05) is 6.42 Å². The Bertz CT molecular complexity index is 453. The van der Waals surface area contributed by atoms with Crippen LogP contribution in [0.5, 0.6) is 11.5 Å². The highest BCUT2D eigenvalue weighted by molar-refractivity contribution is 6.32. The molecule has 0 aromatic heterocycles. The number of carbonyl (C=O) groups excluding carboxylic acids is 1. The van der Waals surface area contributed by atoms with Crippen molar-refractivity contribution in [2.45, 2.75) is 12.5 Å².